The number of benzene rings is 1. The van der Waals surface area contributed by atoms with Gasteiger partial charge in [0.15, 0.2) is 0 Å². The van der Waals surface area contributed by atoms with Gasteiger partial charge in [0.1, 0.15) is 5.60 Å². The van der Waals surface area contributed by atoms with Crippen LogP contribution in [0.2, 0.25) is 0 Å². The minimum Gasteiger partial charge on any atom is -0.444 e. The van der Waals surface area contributed by atoms with Crippen molar-refractivity contribution in [2.45, 2.75) is 39.3 Å². The van der Waals surface area contributed by atoms with Crippen molar-refractivity contribution in [1.82, 2.24) is 10.6 Å². The maximum atomic E-state index is 12.0. The molecule has 3 N–H and O–H groups in total. The number of thiophene rings is 1. The molecule has 1 heterocycles. The number of carbonyl (C=O) groups excluding carboxylic acids is 3. The SMILES string of the molecule is CC(C)(C)OC(=O)NCCC(=O)Nc1ccc(CNC(=O)c2cccs2)cc1. The minimum absolute atomic E-state index is 0.107. The number of alkyl carbamates (subject to hydrolysis) is 1. The van der Waals surface area contributed by atoms with Crippen molar-refractivity contribution in [1.29, 1.82) is 0 Å². The molecule has 0 radical (unpaired) electrons. The molecule has 0 aliphatic carbocycles. The first-order chi connectivity index (χ1) is 13.2. The third-order valence-electron chi connectivity index (χ3n) is 3.46. The molecule has 8 heteroatoms. The van der Waals surface area contributed by atoms with Crippen LogP contribution in [0.25, 0.3) is 0 Å². The Bertz CT molecular complexity index is 796. The van der Waals surface area contributed by atoms with E-state index < -0.39 is 11.7 Å². The molecule has 0 bridgehead atoms. The second-order valence-corrected chi connectivity index (χ2v) is 8.03. The fourth-order valence-electron chi connectivity index (χ4n) is 2.20. The number of rotatable bonds is 7. The summed E-state index contributed by atoms with van der Waals surface area (Å²) in [4.78, 5) is 36.1. The molecular formula is C20H25N3O4S. The van der Waals surface area contributed by atoms with E-state index in [1.54, 1.807) is 39.0 Å². The summed E-state index contributed by atoms with van der Waals surface area (Å²) in [6.45, 7) is 5.92. The molecule has 3 amide bonds. The van der Waals surface area contributed by atoms with Gasteiger partial charge in [0.2, 0.25) is 5.91 Å². The van der Waals surface area contributed by atoms with E-state index in [-0.39, 0.29) is 24.8 Å². The van der Waals surface area contributed by atoms with Crippen LogP contribution in [-0.4, -0.2) is 30.1 Å². The Morgan fingerprint density at radius 3 is 2.36 bits per heavy atom. The Hall–Kier alpha value is -2.87. The monoisotopic (exact) mass is 403 g/mol. The number of hydrogen-bond donors (Lipinski definition) is 3. The van der Waals surface area contributed by atoms with Crippen LogP contribution in [-0.2, 0) is 16.1 Å². The molecule has 7 nitrogen and oxygen atoms in total. The van der Waals surface area contributed by atoms with Gasteiger partial charge in [-0.1, -0.05) is 18.2 Å². The van der Waals surface area contributed by atoms with Crippen LogP contribution in [0.5, 0.6) is 0 Å². The smallest absolute Gasteiger partial charge is 0.407 e. The molecule has 1 aromatic heterocycles. The first-order valence-corrected chi connectivity index (χ1v) is 9.78. The van der Waals surface area contributed by atoms with Gasteiger partial charge in [-0.2, -0.15) is 0 Å². The van der Waals surface area contributed by atoms with Gasteiger partial charge >= 0.3 is 6.09 Å². The Balaban J connectivity index is 1.70. The normalized spacial score (nSPS) is 10.8. The highest BCUT2D eigenvalue weighted by molar-refractivity contribution is 7.12. The summed E-state index contributed by atoms with van der Waals surface area (Å²) in [5.74, 6) is -0.320. The minimum atomic E-state index is -0.572. The highest BCUT2D eigenvalue weighted by Gasteiger charge is 2.15. The van der Waals surface area contributed by atoms with E-state index >= 15 is 0 Å². The lowest BCUT2D eigenvalue weighted by Crippen LogP contribution is -2.34. The molecule has 150 valence electrons. The predicted octanol–water partition coefficient (Wildman–Crippen LogP) is 3.53. The number of carbonyl (C=O) groups is 3. The van der Waals surface area contributed by atoms with E-state index in [2.05, 4.69) is 16.0 Å². The Kier molecular flexibility index (Phi) is 7.57. The zero-order valence-corrected chi connectivity index (χ0v) is 17.0. The van der Waals surface area contributed by atoms with Crippen LogP contribution >= 0.6 is 11.3 Å². The summed E-state index contributed by atoms with van der Waals surface area (Å²) in [7, 11) is 0. The van der Waals surface area contributed by atoms with Gasteiger partial charge in [-0.05, 0) is 49.9 Å². The fraction of sp³-hybridized carbons (Fsp3) is 0.350. The summed E-state index contributed by atoms with van der Waals surface area (Å²) in [6.07, 6.45) is -0.410. The first kappa shape index (κ1) is 21.4. The Morgan fingerprint density at radius 2 is 1.75 bits per heavy atom. The van der Waals surface area contributed by atoms with Crippen LogP contribution in [0.15, 0.2) is 41.8 Å². The van der Waals surface area contributed by atoms with Gasteiger partial charge in [0, 0.05) is 25.2 Å². The molecule has 2 rings (SSSR count). The summed E-state index contributed by atoms with van der Waals surface area (Å²) < 4.78 is 5.10. The van der Waals surface area contributed by atoms with Gasteiger partial charge in [0.05, 0.1) is 4.88 Å². The number of ether oxygens (including phenoxy) is 1. The van der Waals surface area contributed by atoms with Crippen molar-refractivity contribution in [3.8, 4) is 0 Å². The van der Waals surface area contributed by atoms with Crippen molar-refractivity contribution < 1.29 is 19.1 Å². The quantitative estimate of drug-likeness (QED) is 0.659. The third-order valence-corrected chi connectivity index (χ3v) is 4.32. The van der Waals surface area contributed by atoms with Crippen molar-refractivity contribution >= 4 is 34.9 Å². The molecule has 0 fully saturated rings. The molecule has 0 atom stereocenters. The van der Waals surface area contributed by atoms with Crippen LogP contribution in [0.1, 0.15) is 42.4 Å². The second kappa shape index (κ2) is 9.89. The number of anilines is 1. The number of amides is 3. The average molecular weight is 404 g/mol. The molecule has 0 unspecified atom stereocenters. The standard InChI is InChI=1S/C20H25N3O4S/c1-20(2,3)27-19(26)21-11-10-17(24)23-15-8-6-14(7-9-15)13-22-18(25)16-5-4-12-28-16/h4-9,12H,10-11,13H2,1-3H3,(H,21,26)(H,22,25)(H,23,24). The van der Waals surface area contributed by atoms with Gasteiger partial charge in [-0.15, -0.1) is 11.3 Å². The summed E-state index contributed by atoms with van der Waals surface area (Å²) in [5, 5.41) is 10.0. The lowest BCUT2D eigenvalue weighted by molar-refractivity contribution is -0.116. The molecular weight excluding hydrogens is 378 g/mol. The topological polar surface area (TPSA) is 96.5 Å². The van der Waals surface area contributed by atoms with Crippen molar-refractivity contribution in [3.05, 3.63) is 52.2 Å². The van der Waals surface area contributed by atoms with Gasteiger partial charge < -0.3 is 20.7 Å². The Morgan fingerprint density at radius 1 is 1.04 bits per heavy atom. The molecule has 0 saturated carbocycles. The predicted molar refractivity (Wildman–Crippen MR) is 109 cm³/mol. The zero-order valence-electron chi connectivity index (χ0n) is 16.2. The lowest BCUT2D eigenvalue weighted by Gasteiger charge is -2.19. The van der Waals surface area contributed by atoms with Gasteiger partial charge in [0.25, 0.3) is 5.91 Å². The molecule has 0 aliphatic rings. The highest BCUT2D eigenvalue weighted by Crippen LogP contribution is 2.12. The van der Waals surface area contributed by atoms with Crippen molar-refractivity contribution in [2.24, 2.45) is 0 Å². The largest absolute Gasteiger partial charge is 0.444 e. The van der Waals surface area contributed by atoms with Crippen LogP contribution in [0.4, 0.5) is 10.5 Å². The van der Waals surface area contributed by atoms with E-state index in [1.165, 1.54) is 11.3 Å². The molecule has 1 aromatic carbocycles. The maximum absolute atomic E-state index is 12.0. The van der Waals surface area contributed by atoms with Crippen LogP contribution in [0.3, 0.4) is 0 Å². The number of nitrogens with one attached hydrogen (secondary N) is 3. The van der Waals surface area contributed by atoms with Crippen LogP contribution < -0.4 is 16.0 Å². The van der Waals surface area contributed by atoms with E-state index in [9.17, 15) is 14.4 Å². The zero-order chi connectivity index (χ0) is 20.6. The van der Waals surface area contributed by atoms with Crippen molar-refractivity contribution in [2.75, 3.05) is 11.9 Å². The molecule has 0 saturated heterocycles. The fourth-order valence-corrected chi connectivity index (χ4v) is 2.84. The van der Waals surface area contributed by atoms with E-state index in [4.69, 9.17) is 4.74 Å². The summed E-state index contributed by atoms with van der Waals surface area (Å²) >= 11 is 1.39. The van der Waals surface area contributed by atoms with E-state index in [0.29, 0.717) is 17.1 Å². The average Bonchev–Trinajstić information content (AvgIpc) is 3.14. The van der Waals surface area contributed by atoms with E-state index in [1.807, 2.05) is 23.6 Å². The summed E-state index contributed by atoms with van der Waals surface area (Å²) in [5.41, 5.74) is 1.00. The third kappa shape index (κ3) is 7.79. The maximum Gasteiger partial charge on any atom is 0.407 e. The molecule has 28 heavy (non-hydrogen) atoms. The Labute approximate surface area is 168 Å². The van der Waals surface area contributed by atoms with Gasteiger partial charge in [-0.3, -0.25) is 9.59 Å². The second-order valence-electron chi connectivity index (χ2n) is 7.08. The van der Waals surface area contributed by atoms with Gasteiger partial charge in [-0.25, -0.2) is 4.79 Å². The molecule has 0 spiro atoms. The molecule has 2 aromatic rings. The number of hydrogen-bond acceptors (Lipinski definition) is 5. The first-order valence-electron chi connectivity index (χ1n) is 8.90. The highest BCUT2D eigenvalue weighted by atomic mass is 32.1. The molecule has 0 aliphatic heterocycles. The van der Waals surface area contributed by atoms with Crippen LogP contribution in [0, 0.1) is 0 Å². The van der Waals surface area contributed by atoms with Crippen molar-refractivity contribution in [3.63, 3.8) is 0 Å². The summed E-state index contributed by atoms with van der Waals surface area (Å²) in [6, 6.07) is 10.8. The van der Waals surface area contributed by atoms with E-state index in [0.717, 1.165) is 5.56 Å². The lowest BCUT2D eigenvalue weighted by atomic mass is 10.2.